The van der Waals surface area contributed by atoms with Gasteiger partial charge < -0.3 is 4.90 Å². The van der Waals surface area contributed by atoms with Gasteiger partial charge in [-0.15, -0.1) is 22.7 Å². The standard InChI is InChI=1S/C47H30N2S2/c1-3-11-31(12-4-1)35-17-9-18-37(29-35)49(36-23-21-33(22-24-36)40-20-10-16-32-13-7-8-19-39(32)40)38-25-27-43-41(30-38)45-44(50-43)28-26-42-46(45)51-47(48-42)34-14-5-2-6-15-34/h1-30H. The second kappa shape index (κ2) is 12.4. The van der Waals surface area contributed by atoms with E-state index in [9.17, 15) is 0 Å². The lowest BCUT2D eigenvalue weighted by atomic mass is 9.98. The molecule has 8 aromatic carbocycles. The van der Waals surface area contributed by atoms with Gasteiger partial charge in [0, 0.05) is 42.8 Å². The van der Waals surface area contributed by atoms with Gasteiger partial charge in [0.25, 0.3) is 0 Å². The number of hydrogen-bond donors (Lipinski definition) is 0. The Morgan fingerprint density at radius 3 is 1.92 bits per heavy atom. The van der Waals surface area contributed by atoms with Crippen LogP contribution in [0.15, 0.2) is 182 Å². The number of fused-ring (bicyclic) bond motifs is 6. The summed E-state index contributed by atoms with van der Waals surface area (Å²) in [6.07, 6.45) is 0. The Morgan fingerprint density at radius 2 is 1.08 bits per heavy atom. The minimum atomic E-state index is 1.05. The van der Waals surface area contributed by atoms with Crippen LogP contribution in [0.5, 0.6) is 0 Å². The topological polar surface area (TPSA) is 16.1 Å². The van der Waals surface area contributed by atoms with Crippen molar-refractivity contribution in [1.82, 2.24) is 4.98 Å². The van der Waals surface area contributed by atoms with Gasteiger partial charge >= 0.3 is 0 Å². The molecule has 0 aliphatic heterocycles. The highest BCUT2D eigenvalue weighted by Gasteiger charge is 2.18. The Kier molecular flexibility index (Phi) is 7.23. The van der Waals surface area contributed by atoms with Gasteiger partial charge in [0.15, 0.2) is 0 Å². The van der Waals surface area contributed by atoms with E-state index in [0.29, 0.717) is 0 Å². The summed E-state index contributed by atoms with van der Waals surface area (Å²) in [6, 6.07) is 65.6. The van der Waals surface area contributed by atoms with Crippen LogP contribution in [0.2, 0.25) is 0 Å². The van der Waals surface area contributed by atoms with Crippen LogP contribution < -0.4 is 4.90 Å². The first-order chi connectivity index (χ1) is 25.3. The monoisotopic (exact) mass is 686 g/mol. The van der Waals surface area contributed by atoms with Crippen molar-refractivity contribution in [2.75, 3.05) is 4.90 Å². The van der Waals surface area contributed by atoms with Crippen molar-refractivity contribution in [2.24, 2.45) is 0 Å². The van der Waals surface area contributed by atoms with Gasteiger partial charge in [-0.3, -0.25) is 0 Å². The number of thiophene rings is 1. The molecule has 51 heavy (non-hydrogen) atoms. The number of benzene rings is 8. The van der Waals surface area contributed by atoms with Gasteiger partial charge in [-0.1, -0.05) is 127 Å². The molecule has 0 unspecified atom stereocenters. The zero-order valence-corrected chi connectivity index (χ0v) is 29.2. The van der Waals surface area contributed by atoms with E-state index < -0.39 is 0 Å². The van der Waals surface area contributed by atoms with Gasteiger partial charge in [0.1, 0.15) is 5.01 Å². The maximum absolute atomic E-state index is 5.08. The van der Waals surface area contributed by atoms with Crippen LogP contribution in [0, 0.1) is 0 Å². The van der Waals surface area contributed by atoms with E-state index in [0.717, 1.165) is 33.1 Å². The summed E-state index contributed by atoms with van der Waals surface area (Å²) in [4.78, 5) is 7.47. The highest BCUT2D eigenvalue weighted by Crippen LogP contribution is 2.45. The fourth-order valence-corrected chi connectivity index (χ4v) is 9.54. The smallest absolute Gasteiger partial charge is 0.124 e. The van der Waals surface area contributed by atoms with Crippen LogP contribution in [-0.2, 0) is 0 Å². The average Bonchev–Trinajstić information content (AvgIpc) is 3.81. The minimum absolute atomic E-state index is 1.05. The minimum Gasteiger partial charge on any atom is -0.310 e. The summed E-state index contributed by atoms with van der Waals surface area (Å²) >= 11 is 3.64. The maximum Gasteiger partial charge on any atom is 0.124 e. The van der Waals surface area contributed by atoms with Gasteiger partial charge in [0.05, 0.1) is 10.2 Å². The van der Waals surface area contributed by atoms with Gasteiger partial charge in [-0.25, -0.2) is 4.98 Å². The van der Waals surface area contributed by atoms with Crippen molar-refractivity contribution in [1.29, 1.82) is 0 Å². The molecule has 0 fully saturated rings. The molecule has 0 aliphatic carbocycles. The molecule has 2 aromatic heterocycles. The third kappa shape index (κ3) is 5.28. The molecule has 10 rings (SSSR count). The summed E-state index contributed by atoms with van der Waals surface area (Å²) in [7, 11) is 0. The van der Waals surface area contributed by atoms with Crippen molar-refractivity contribution in [2.45, 2.75) is 0 Å². The highest BCUT2D eigenvalue weighted by molar-refractivity contribution is 7.28. The Labute approximate surface area is 304 Å². The summed E-state index contributed by atoms with van der Waals surface area (Å²) in [5.74, 6) is 0. The molecule has 0 amide bonds. The second-order valence-electron chi connectivity index (χ2n) is 12.8. The first-order valence-electron chi connectivity index (χ1n) is 17.1. The lowest BCUT2D eigenvalue weighted by Gasteiger charge is -2.26. The molecule has 0 N–H and O–H groups in total. The number of thiazole rings is 1. The number of hydrogen-bond acceptors (Lipinski definition) is 4. The largest absolute Gasteiger partial charge is 0.310 e. The highest BCUT2D eigenvalue weighted by atomic mass is 32.1. The number of aromatic nitrogens is 1. The molecule has 0 spiro atoms. The molecule has 2 heterocycles. The van der Waals surface area contributed by atoms with Gasteiger partial charge in [0.2, 0.25) is 0 Å². The van der Waals surface area contributed by atoms with E-state index in [-0.39, 0.29) is 0 Å². The summed E-state index contributed by atoms with van der Waals surface area (Å²) in [5.41, 5.74) is 10.4. The molecule has 0 radical (unpaired) electrons. The van der Waals surface area contributed by atoms with E-state index >= 15 is 0 Å². The molecular weight excluding hydrogens is 657 g/mol. The Morgan fingerprint density at radius 1 is 0.412 bits per heavy atom. The number of anilines is 3. The van der Waals surface area contributed by atoms with Crippen LogP contribution in [-0.4, -0.2) is 4.98 Å². The Hall–Kier alpha value is -6.07. The van der Waals surface area contributed by atoms with Crippen LogP contribution >= 0.6 is 22.7 Å². The zero-order valence-electron chi connectivity index (χ0n) is 27.5. The van der Waals surface area contributed by atoms with Crippen molar-refractivity contribution >= 4 is 80.9 Å². The van der Waals surface area contributed by atoms with E-state index in [2.05, 4.69) is 187 Å². The normalized spacial score (nSPS) is 11.5. The van der Waals surface area contributed by atoms with Crippen LogP contribution in [0.4, 0.5) is 17.1 Å². The lowest BCUT2D eigenvalue weighted by molar-refractivity contribution is 1.29. The molecule has 4 heteroatoms. The van der Waals surface area contributed by atoms with Crippen LogP contribution in [0.25, 0.3) is 74.0 Å². The van der Waals surface area contributed by atoms with Crippen molar-refractivity contribution in [3.05, 3.63) is 182 Å². The van der Waals surface area contributed by atoms with E-state index in [1.54, 1.807) is 11.3 Å². The number of nitrogens with zero attached hydrogens (tertiary/aromatic N) is 2. The van der Waals surface area contributed by atoms with E-state index in [1.807, 2.05) is 11.3 Å². The first-order valence-corrected chi connectivity index (χ1v) is 18.8. The third-order valence-electron chi connectivity index (χ3n) is 9.69. The third-order valence-corrected chi connectivity index (χ3v) is 12.0. The molecule has 0 bridgehead atoms. The predicted octanol–water partition coefficient (Wildman–Crippen LogP) is 14.3. The predicted molar refractivity (Wildman–Crippen MR) is 221 cm³/mol. The molecule has 2 nitrogen and oxygen atoms in total. The Balaban J connectivity index is 1.15. The quantitative estimate of drug-likeness (QED) is 0.173. The summed E-state index contributed by atoms with van der Waals surface area (Å²) in [6.45, 7) is 0. The molecule has 0 aliphatic rings. The fourth-order valence-electron chi connectivity index (χ4n) is 7.25. The zero-order chi connectivity index (χ0) is 33.7. The maximum atomic E-state index is 5.08. The summed E-state index contributed by atoms with van der Waals surface area (Å²) in [5, 5.41) is 6.12. The van der Waals surface area contributed by atoms with Crippen molar-refractivity contribution < 1.29 is 0 Å². The fraction of sp³-hybridized carbons (Fsp3) is 0. The van der Waals surface area contributed by atoms with Gasteiger partial charge in [-0.2, -0.15) is 0 Å². The first kappa shape index (κ1) is 29.8. The van der Waals surface area contributed by atoms with E-state index in [4.69, 9.17) is 4.98 Å². The molecule has 0 saturated carbocycles. The summed E-state index contributed by atoms with van der Waals surface area (Å²) < 4.78 is 3.81. The SMILES string of the molecule is c1ccc(-c2cccc(N(c3ccc(-c4cccc5ccccc45)cc3)c3ccc4sc5ccc6nc(-c7ccccc7)sc6c5c4c3)c2)cc1. The molecular formula is C47H30N2S2. The van der Waals surface area contributed by atoms with Crippen molar-refractivity contribution in [3.8, 4) is 32.8 Å². The molecule has 10 aromatic rings. The van der Waals surface area contributed by atoms with Gasteiger partial charge in [-0.05, 0) is 87.6 Å². The molecule has 0 atom stereocenters. The van der Waals surface area contributed by atoms with E-state index in [1.165, 1.54) is 57.9 Å². The average molecular weight is 687 g/mol. The molecule has 0 saturated heterocycles. The van der Waals surface area contributed by atoms with Crippen LogP contribution in [0.3, 0.4) is 0 Å². The molecule has 240 valence electrons. The lowest BCUT2D eigenvalue weighted by Crippen LogP contribution is -2.10. The second-order valence-corrected chi connectivity index (χ2v) is 14.9. The Bertz CT molecular complexity index is 2850. The van der Waals surface area contributed by atoms with Crippen molar-refractivity contribution in [3.63, 3.8) is 0 Å². The number of rotatable bonds is 6. The van der Waals surface area contributed by atoms with Crippen LogP contribution in [0.1, 0.15) is 0 Å².